The maximum absolute atomic E-state index is 13.7. The highest BCUT2D eigenvalue weighted by Crippen LogP contribution is 2.28. The number of alkyl halides is 1. The second kappa shape index (κ2) is 4.76. The van der Waals surface area contributed by atoms with Crippen molar-refractivity contribution in [2.24, 2.45) is 0 Å². The summed E-state index contributed by atoms with van der Waals surface area (Å²) in [6.45, 7) is 2.65. The Kier molecular flexibility index (Phi) is 3.47. The smallest absolute Gasteiger partial charge is 0.250 e. The van der Waals surface area contributed by atoms with Crippen molar-refractivity contribution in [3.05, 3.63) is 34.4 Å². The first kappa shape index (κ1) is 13.1. The Morgan fingerprint density at radius 3 is 2.67 bits per heavy atom. The molecule has 1 heterocycles. The van der Waals surface area contributed by atoms with Crippen LogP contribution >= 0.6 is 15.9 Å². The Balaban J connectivity index is 2.41. The highest BCUT2D eigenvalue weighted by atomic mass is 79.9. The van der Waals surface area contributed by atoms with Gasteiger partial charge < -0.3 is 4.42 Å². The van der Waals surface area contributed by atoms with Crippen LogP contribution in [0.5, 0.6) is 0 Å². The third kappa shape index (κ3) is 2.43. The third-order valence-electron chi connectivity index (χ3n) is 2.50. The molecule has 1 aromatic carbocycles. The molecule has 0 aliphatic rings. The second-order valence-electron chi connectivity index (χ2n) is 4.55. The first-order valence-electron chi connectivity index (χ1n) is 5.29. The van der Waals surface area contributed by atoms with E-state index < -0.39 is 17.9 Å². The zero-order valence-corrected chi connectivity index (χ0v) is 11.5. The first-order valence-corrected chi connectivity index (χ1v) is 6.09. The molecule has 2 aromatic rings. The van der Waals surface area contributed by atoms with Crippen molar-refractivity contribution < 1.29 is 13.2 Å². The van der Waals surface area contributed by atoms with Crippen molar-refractivity contribution in [3.8, 4) is 11.5 Å². The highest BCUT2D eigenvalue weighted by molar-refractivity contribution is 9.10. The van der Waals surface area contributed by atoms with Crippen LogP contribution in [0.25, 0.3) is 11.5 Å². The summed E-state index contributed by atoms with van der Waals surface area (Å²) in [4.78, 5) is 0. The lowest BCUT2D eigenvalue weighted by Gasteiger charge is -2.13. The molecule has 1 aromatic heterocycles. The van der Waals surface area contributed by atoms with Gasteiger partial charge in [0.15, 0.2) is 0 Å². The fourth-order valence-corrected chi connectivity index (χ4v) is 1.66. The quantitative estimate of drug-likeness (QED) is 0.862. The molecule has 6 heteroatoms. The maximum atomic E-state index is 13.7. The fourth-order valence-electron chi connectivity index (χ4n) is 1.33. The highest BCUT2D eigenvalue weighted by Gasteiger charge is 2.28. The number of benzene rings is 1. The van der Waals surface area contributed by atoms with Crippen LogP contribution < -0.4 is 0 Å². The first-order chi connectivity index (χ1) is 8.44. The second-order valence-corrected chi connectivity index (χ2v) is 5.47. The average Bonchev–Trinajstić information content (AvgIpc) is 2.79. The van der Waals surface area contributed by atoms with Gasteiger partial charge in [-0.2, -0.15) is 0 Å². The maximum Gasteiger partial charge on any atom is 0.250 e. The minimum atomic E-state index is -0.864. The standard InChI is InChI=1S/C12H11BrF2N2O/c1-12(2,6-14)11-17-16-10(18-11)8-4-3-7(13)5-9(8)15/h3-5H,6H2,1-2H3. The van der Waals surface area contributed by atoms with Crippen LogP contribution in [-0.4, -0.2) is 16.9 Å². The molecule has 0 bridgehead atoms. The van der Waals surface area contributed by atoms with Gasteiger partial charge in [0.1, 0.15) is 12.5 Å². The number of rotatable bonds is 3. The molecule has 0 amide bonds. The van der Waals surface area contributed by atoms with E-state index in [-0.39, 0.29) is 17.3 Å². The normalized spacial score (nSPS) is 11.8. The lowest BCUT2D eigenvalue weighted by atomic mass is 9.96. The van der Waals surface area contributed by atoms with Crippen molar-refractivity contribution >= 4 is 15.9 Å². The van der Waals surface area contributed by atoms with Gasteiger partial charge in [-0.3, -0.25) is 0 Å². The van der Waals surface area contributed by atoms with Gasteiger partial charge in [-0.25, -0.2) is 8.78 Å². The molecule has 0 radical (unpaired) electrons. The summed E-state index contributed by atoms with van der Waals surface area (Å²) in [6.07, 6.45) is 0. The summed E-state index contributed by atoms with van der Waals surface area (Å²) < 4.78 is 32.4. The van der Waals surface area contributed by atoms with Crippen LogP contribution in [0.4, 0.5) is 8.78 Å². The topological polar surface area (TPSA) is 38.9 Å². The van der Waals surface area contributed by atoms with Gasteiger partial charge in [0, 0.05) is 4.47 Å². The summed E-state index contributed by atoms with van der Waals surface area (Å²) in [5, 5.41) is 7.52. The van der Waals surface area contributed by atoms with Gasteiger partial charge >= 0.3 is 0 Å². The van der Waals surface area contributed by atoms with Gasteiger partial charge in [0.05, 0.1) is 11.0 Å². The number of aromatic nitrogens is 2. The molecule has 0 spiro atoms. The van der Waals surface area contributed by atoms with Crippen molar-refractivity contribution in [2.45, 2.75) is 19.3 Å². The Labute approximate surface area is 111 Å². The molecule has 0 unspecified atom stereocenters. The summed E-state index contributed by atoms with van der Waals surface area (Å²) >= 11 is 3.16. The average molecular weight is 317 g/mol. The molecule has 0 saturated carbocycles. The van der Waals surface area contributed by atoms with Crippen molar-refractivity contribution in [3.63, 3.8) is 0 Å². The van der Waals surface area contributed by atoms with Crippen molar-refractivity contribution in [1.82, 2.24) is 10.2 Å². The Morgan fingerprint density at radius 1 is 1.33 bits per heavy atom. The molecular formula is C12H11BrF2N2O. The molecule has 0 aliphatic carbocycles. The number of halogens is 3. The van der Waals surface area contributed by atoms with Crippen LogP contribution in [0.1, 0.15) is 19.7 Å². The fraction of sp³-hybridized carbons (Fsp3) is 0.333. The van der Waals surface area contributed by atoms with Crippen molar-refractivity contribution in [1.29, 1.82) is 0 Å². The molecule has 96 valence electrons. The molecule has 0 N–H and O–H groups in total. The van der Waals surface area contributed by atoms with E-state index in [1.807, 2.05) is 0 Å². The van der Waals surface area contributed by atoms with E-state index in [0.717, 1.165) is 0 Å². The zero-order valence-electron chi connectivity index (χ0n) is 9.88. The van der Waals surface area contributed by atoms with Gasteiger partial charge in [0.25, 0.3) is 5.89 Å². The lowest BCUT2D eigenvalue weighted by Crippen LogP contribution is -2.20. The molecule has 2 rings (SSSR count). The summed E-state index contributed by atoms with van der Waals surface area (Å²) in [7, 11) is 0. The van der Waals surface area contributed by atoms with Crippen LogP contribution in [0.3, 0.4) is 0 Å². The van der Waals surface area contributed by atoms with Gasteiger partial charge in [-0.15, -0.1) is 10.2 Å². The largest absolute Gasteiger partial charge is 0.420 e. The molecule has 18 heavy (non-hydrogen) atoms. The van der Waals surface area contributed by atoms with Crippen LogP contribution in [0, 0.1) is 5.82 Å². The van der Waals surface area contributed by atoms with E-state index in [1.165, 1.54) is 12.1 Å². The lowest BCUT2D eigenvalue weighted by molar-refractivity contribution is 0.290. The van der Waals surface area contributed by atoms with E-state index in [4.69, 9.17) is 4.42 Å². The molecular weight excluding hydrogens is 306 g/mol. The summed E-state index contributed by atoms with van der Waals surface area (Å²) in [6, 6.07) is 4.50. The number of nitrogens with zero attached hydrogens (tertiary/aromatic N) is 2. The van der Waals surface area contributed by atoms with Gasteiger partial charge in [-0.1, -0.05) is 15.9 Å². The molecule has 0 fully saturated rings. The Hall–Kier alpha value is -1.30. The van der Waals surface area contributed by atoms with Gasteiger partial charge in [-0.05, 0) is 32.0 Å². The Morgan fingerprint density at radius 2 is 2.06 bits per heavy atom. The summed E-state index contributed by atoms with van der Waals surface area (Å²) in [5.74, 6) is -0.267. The Bertz CT molecular complexity index is 569. The number of hydrogen-bond donors (Lipinski definition) is 0. The van der Waals surface area contributed by atoms with Crippen LogP contribution in [-0.2, 0) is 5.41 Å². The van der Waals surface area contributed by atoms with Crippen LogP contribution in [0.15, 0.2) is 27.1 Å². The molecule has 3 nitrogen and oxygen atoms in total. The van der Waals surface area contributed by atoms with E-state index >= 15 is 0 Å². The van der Waals surface area contributed by atoms with E-state index in [1.54, 1.807) is 19.9 Å². The van der Waals surface area contributed by atoms with E-state index in [9.17, 15) is 8.78 Å². The van der Waals surface area contributed by atoms with Crippen molar-refractivity contribution in [2.75, 3.05) is 6.67 Å². The molecule has 0 saturated heterocycles. The molecule has 0 atom stereocenters. The predicted octanol–water partition coefficient (Wildman–Crippen LogP) is 3.89. The minimum Gasteiger partial charge on any atom is -0.420 e. The van der Waals surface area contributed by atoms with Crippen LogP contribution in [0.2, 0.25) is 0 Å². The van der Waals surface area contributed by atoms with E-state index in [2.05, 4.69) is 26.1 Å². The zero-order chi connectivity index (χ0) is 13.3. The number of hydrogen-bond acceptors (Lipinski definition) is 3. The monoisotopic (exact) mass is 316 g/mol. The predicted molar refractivity (Wildman–Crippen MR) is 66.4 cm³/mol. The third-order valence-corrected chi connectivity index (χ3v) is 2.99. The minimum absolute atomic E-state index is 0.0523. The SMILES string of the molecule is CC(C)(CF)c1nnc(-c2ccc(Br)cc2F)o1. The molecule has 0 aliphatic heterocycles. The summed E-state index contributed by atoms with van der Waals surface area (Å²) in [5.41, 5.74) is -0.663. The van der Waals surface area contributed by atoms with Gasteiger partial charge in [0.2, 0.25) is 5.89 Å². The van der Waals surface area contributed by atoms with E-state index in [0.29, 0.717) is 4.47 Å².